The molecule has 0 spiro atoms. The van der Waals surface area contributed by atoms with E-state index in [0.717, 1.165) is 35.3 Å². The zero-order valence-corrected chi connectivity index (χ0v) is 16.2. The van der Waals surface area contributed by atoms with E-state index in [4.69, 9.17) is 9.47 Å². The summed E-state index contributed by atoms with van der Waals surface area (Å²) in [7, 11) is 1.67. The lowest BCUT2D eigenvalue weighted by molar-refractivity contribution is 0.0478. The Morgan fingerprint density at radius 3 is 2.52 bits per heavy atom. The maximum Gasteiger partial charge on any atom is 0.255 e. The molecule has 1 fully saturated rings. The second-order valence-electron chi connectivity index (χ2n) is 7.30. The number of phenolic OH excluding ortho intramolecular Hbond substituents is 1. The highest BCUT2D eigenvalue weighted by Gasteiger charge is 2.37. The zero-order chi connectivity index (χ0) is 19.4. The number of phenols is 1. The zero-order valence-electron chi connectivity index (χ0n) is 16.2. The second kappa shape index (κ2) is 8.01. The summed E-state index contributed by atoms with van der Waals surface area (Å²) < 4.78 is 11.2. The molecule has 2 aromatic carbocycles. The van der Waals surface area contributed by atoms with Gasteiger partial charge in [-0.2, -0.15) is 0 Å². The Hall–Kier alpha value is -2.53. The van der Waals surface area contributed by atoms with Gasteiger partial charge in [-0.05, 0) is 44.9 Å². The number of methoxy groups -OCH3 is 1. The number of hydrogen-bond acceptors (Lipinski definition) is 4. The predicted octanol–water partition coefficient (Wildman–Crippen LogP) is 3.50. The predicted molar refractivity (Wildman–Crippen MR) is 105 cm³/mol. The third-order valence-electron chi connectivity index (χ3n) is 5.36. The Morgan fingerprint density at radius 1 is 1.15 bits per heavy atom. The number of carbonyl (C=O) groups is 1. The molecule has 0 aromatic heterocycles. The molecule has 5 nitrogen and oxygen atoms in total. The number of hydrogen-bond donors (Lipinski definition) is 2. The van der Waals surface area contributed by atoms with E-state index in [-0.39, 0.29) is 17.1 Å². The molecule has 1 aliphatic rings. The summed E-state index contributed by atoms with van der Waals surface area (Å²) in [6.07, 6.45) is 1.60. The van der Waals surface area contributed by atoms with Crippen LogP contribution in [0.5, 0.6) is 11.5 Å². The van der Waals surface area contributed by atoms with Crippen LogP contribution in [0.1, 0.15) is 39.9 Å². The summed E-state index contributed by atoms with van der Waals surface area (Å²) >= 11 is 0. The maximum atomic E-state index is 12.7. The first-order valence-electron chi connectivity index (χ1n) is 9.26. The molecule has 2 aromatic rings. The van der Waals surface area contributed by atoms with Gasteiger partial charge in [0.25, 0.3) is 5.91 Å². The van der Waals surface area contributed by atoms with Crippen molar-refractivity contribution in [2.45, 2.75) is 32.1 Å². The molecule has 1 heterocycles. The smallest absolute Gasteiger partial charge is 0.255 e. The summed E-state index contributed by atoms with van der Waals surface area (Å²) in [6.45, 7) is 5.70. The van der Waals surface area contributed by atoms with E-state index < -0.39 is 0 Å². The monoisotopic (exact) mass is 369 g/mol. The topological polar surface area (TPSA) is 67.8 Å². The Labute approximate surface area is 160 Å². The molecule has 1 amide bonds. The summed E-state index contributed by atoms with van der Waals surface area (Å²) in [5.41, 5.74) is 3.22. The summed E-state index contributed by atoms with van der Waals surface area (Å²) in [5.74, 6) is 0.552. The van der Waals surface area contributed by atoms with Crippen molar-refractivity contribution in [3.63, 3.8) is 0 Å². The Balaban J connectivity index is 1.89. The molecule has 0 unspecified atom stereocenters. The van der Waals surface area contributed by atoms with Gasteiger partial charge >= 0.3 is 0 Å². The number of ether oxygens (including phenoxy) is 2. The average Bonchev–Trinajstić information content (AvgIpc) is 2.68. The van der Waals surface area contributed by atoms with Crippen molar-refractivity contribution in [2.75, 3.05) is 26.9 Å². The molecule has 0 aliphatic carbocycles. The largest absolute Gasteiger partial charge is 0.507 e. The summed E-state index contributed by atoms with van der Waals surface area (Å²) in [4.78, 5) is 12.7. The highest BCUT2D eigenvalue weighted by atomic mass is 16.5. The van der Waals surface area contributed by atoms with Crippen molar-refractivity contribution in [3.05, 3.63) is 58.7 Å². The SMILES string of the molecule is COc1ccc(C)cc1C1(CNC(=O)c2cc(C)ccc2O)CCOCC1. The third kappa shape index (κ3) is 4.08. The molecule has 0 radical (unpaired) electrons. The highest BCUT2D eigenvalue weighted by Crippen LogP contribution is 2.40. The van der Waals surface area contributed by atoms with E-state index in [1.165, 1.54) is 0 Å². The fourth-order valence-corrected chi connectivity index (χ4v) is 3.72. The fourth-order valence-electron chi connectivity index (χ4n) is 3.72. The van der Waals surface area contributed by atoms with E-state index in [9.17, 15) is 9.90 Å². The van der Waals surface area contributed by atoms with E-state index in [0.29, 0.717) is 25.3 Å². The molecular formula is C22H27NO4. The standard InChI is InChI=1S/C22H27NO4/c1-15-4-6-19(24)17(12-15)21(25)23-14-22(8-10-27-11-9-22)18-13-16(2)5-7-20(18)26-3/h4-7,12-13,24H,8-11,14H2,1-3H3,(H,23,25). The summed E-state index contributed by atoms with van der Waals surface area (Å²) in [6, 6.07) is 11.2. The van der Waals surface area contributed by atoms with Crippen molar-refractivity contribution in [2.24, 2.45) is 0 Å². The lowest BCUT2D eigenvalue weighted by Gasteiger charge is -2.39. The number of benzene rings is 2. The van der Waals surface area contributed by atoms with Crippen LogP contribution in [0.15, 0.2) is 36.4 Å². The number of rotatable bonds is 5. The number of aromatic hydroxyl groups is 1. The van der Waals surface area contributed by atoms with Crippen LogP contribution >= 0.6 is 0 Å². The minimum absolute atomic E-state index is 0.00716. The van der Waals surface area contributed by atoms with Gasteiger partial charge in [-0.25, -0.2) is 0 Å². The molecule has 2 N–H and O–H groups in total. The van der Waals surface area contributed by atoms with Gasteiger partial charge in [-0.1, -0.05) is 29.3 Å². The second-order valence-corrected chi connectivity index (χ2v) is 7.30. The van der Waals surface area contributed by atoms with Crippen LogP contribution < -0.4 is 10.1 Å². The Bertz CT molecular complexity index is 825. The molecule has 0 bridgehead atoms. The van der Waals surface area contributed by atoms with Crippen molar-refractivity contribution in [1.29, 1.82) is 0 Å². The fraction of sp³-hybridized carbons (Fsp3) is 0.409. The van der Waals surface area contributed by atoms with Crippen LogP contribution in [-0.4, -0.2) is 37.9 Å². The van der Waals surface area contributed by atoms with Crippen molar-refractivity contribution in [1.82, 2.24) is 5.32 Å². The lowest BCUT2D eigenvalue weighted by atomic mass is 9.73. The Morgan fingerprint density at radius 2 is 1.81 bits per heavy atom. The number of carbonyl (C=O) groups excluding carboxylic acids is 1. The van der Waals surface area contributed by atoms with Gasteiger partial charge in [0.05, 0.1) is 12.7 Å². The molecule has 1 aliphatic heterocycles. The lowest BCUT2D eigenvalue weighted by Crippen LogP contribution is -2.44. The normalized spacial score (nSPS) is 16.0. The minimum atomic E-state index is -0.270. The van der Waals surface area contributed by atoms with E-state index in [2.05, 4.69) is 18.3 Å². The highest BCUT2D eigenvalue weighted by molar-refractivity contribution is 5.97. The molecule has 3 rings (SSSR count). The van der Waals surface area contributed by atoms with Gasteiger partial charge in [0, 0.05) is 30.7 Å². The minimum Gasteiger partial charge on any atom is -0.507 e. The molecule has 27 heavy (non-hydrogen) atoms. The van der Waals surface area contributed by atoms with Gasteiger partial charge in [0.2, 0.25) is 0 Å². The first kappa shape index (κ1) is 19.2. The summed E-state index contributed by atoms with van der Waals surface area (Å²) in [5, 5.41) is 13.1. The van der Waals surface area contributed by atoms with Crippen LogP contribution in [0.3, 0.4) is 0 Å². The van der Waals surface area contributed by atoms with Crippen LogP contribution in [0.4, 0.5) is 0 Å². The molecule has 0 saturated carbocycles. The third-order valence-corrected chi connectivity index (χ3v) is 5.36. The van der Waals surface area contributed by atoms with Gasteiger partial charge in [-0.3, -0.25) is 4.79 Å². The molecule has 5 heteroatoms. The maximum absolute atomic E-state index is 12.7. The first-order valence-corrected chi connectivity index (χ1v) is 9.26. The van der Waals surface area contributed by atoms with E-state index >= 15 is 0 Å². The van der Waals surface area contributed by atoms with Crippen LogP contribution in [0.2, 0.25) is 0 Å². The number of amides is 1. The van der Waals surface area contributed by atoms with E-state index in [1.807, 2.05) is 19.1 Å². The van der Waals surface area contributed by atoms with Crippen molar-refractivity contribution >= 4 is 5.91 Å². The molecular weight excluding hydrogens is 342 g/mol. The quantitative estimate of drug-likeness (QED) is 0.847. The first-order chi connectivity index (χ1) is 12.9. The van der Waals surface area contributed by atoms with Crippen molar-refractivity contribution < 1.29 is 19.4 Å². The van der Waals surface area contributed by atoms with Gasteiger partial charge in [-0.15, -0.1) is 0 Å². The van der Waals surface area contributed by atoms with Gasteiger partial charge < -0.3 is 19.9 Å². The molecule has 1 saturated heterocycles. The average molecular weight is 369 g/mol. The van der Waals surface area contributed by atoms with Crippen LogP contribution in [0, 0.1) is 13.8 Å². The van der Waals surface area contributed by atoms with Crippen molar-refractivity contribution in [3.8, 4) is 11.5 Å². The van der Waals surface area contributed by atoms with Gasteiger partial charge in [0.1, 0.15) is 11.5 Å². The number of aryl methyl sites for hydroxylation is 2. The van der Waals surface area contributed by atoms with Crippen LogP contribution in [-0.2, 0) is 10.2 Å². The van der Waals surface area contributed by atoms with E-state index in [1.54, 1.807) is 25.3 Å². The number of nitrogens with one attached hydrogen (secondary N) is 1. The molecule has 0 atom stereocenters. The van der Waals surface area contributed by atoms with Gasteiger partial charge in [0.15, 0.2) is 0 Å². The molecule has 144 valence electrons. The Kier molecular flexibility index (Phi) is 5.71. The van der Waals surface area contributed by atoms with Crippen LogP contribution in [0.25, 0.3) is 0 Å².